The lowest BCUT2D eigenvalue weighted by molar-refractivity contribution is 0.0940. The van der Waals surface area contributed by atoms with Crippen LogP contribution >= 0.6 is 23.4 Å². The van der Waals surface area contributed by atoms with Crippen LogP contribution in [0, 0.1) is 0 Å². The number of rotatable bonds is 6. The number of hydrogen-bond donors (Lipinski definition) is 1. The van der Waals surface area contributed by atoms with Crippen molar-refractivity contribution in [1.82, 2.24) is 5.32 Å². The molecule has 1 amide bonds. The Morgan fingerprint density at radius 1 is 0.967 bits per heavy atom. The Kier molecular flexibility index (Phi) is 6.81. The average molecular weight is 436 g/mol. The highest BCUT2D eigenvalue weighted by Gasteiger charge is 2.15. The number of hydrogen-bond acceptors (Lipinski definition) is 2. The first kappa shape index (κ1) is 21.0. The van der Waals surface area contributed by atoms with Crippen LogP contribution in [0.25, 0.3) is 0 Å². The van der Waals surface area contributed by atoms with Gasteiger partial charge < -0.3 is 5.32 Å². The first-order valence-electron chi connectivity index (χ1n) is 10.5. The van der Waals surface area contributed by atoms with Crippen molar-refractivity contribution in [2.45, 2.75) is 49.3 Å². The number of carbonyl (C=O) groups excluding carboxylic acids is 1. The molecule has 0 saturated heterocycles. The minimum absolute atomic E-state index is 0.00939. The Labute approximate surface area is 188 Å². The van der Waals surface area contributed by atoms with Crippen LogP contribution in [-0.2, 0) is 18.6 Å². The predicted octanol–water partition coefficient (Wildman–Crippen LogP) is 7.00. The highest BCUT2D eigenvalue weighted by molar-refractivity contribution is 7.98. The first-order chi connectivity index (χ1) is 14.6. The van der Waals surface area contributed by atoms with Crippen LogP contribution in [-0.4, -0.2) is 5.91 Å². The molecule has 1 atom stereocenters. The largest absolute Gasteiger partial charge is 0.346 e. The Morgan fingerprint density at radius 3 is 2.40 bits per heavy atom. The van der Waals surface area contributed by atoms with Crippen molar-refractivity contribution in [1.29, 1.82) is 0 Å². The molecule has 1 N–H and O–H groups in total. The SMILES string of the molecule is C[C@H](NC(=O)c1ccc(CSc2ccc(Cl)cc2)cc1)c1ccc2c(c1)CCCC2. The Morgan fingerprint density at radius 2 is 1.67 bits per heavy atom. The number of aryl methyl sites for hydroxylation is 2. The van der Waals surface area contributed by atoms with Crippen LogP contribution < -0.4 is 5.32 Å². The summed E-state index contributed by atoms with van der Waals surface area (Å²) in [6, 6.07) is 22.4. The second kappa shape index (κ2) is 9.72. The van der Waals surface area contributed by atoms with E-state index in [0.717, 1.165) is 17.2 Å². The van der Waals surface area contributed by atoms with Crippen LogP contribution in [0.5, 0.6) is 0 Å². The van der Waals surface area contributed by atoms with Gasteiger partial charge in [0.1, 0.15) is 0 Å². The van der Waals surface area contributed by atoms with E-state index in [1.165, 1.54) is 46.4 Å². The molecule has 0 radical (unpaired) electrons. The van der Waals surface area contributed by atoms with Crippen molar-refractivity contribution >= 4 is 29.3 Å². The molecule has 3 aromatic carbocycles. The van der Waals surface area contributed by atoms with Crippen LogP contribution in [0.4, 0.5) is 0 Å². The molecule has 0 unspecified atom stereocenters. The van der Waals surface area contributed by atoms with Crippen LogP contribution in [0.2, 0.25) is 5.02 Å². The van der Waals surface area contributed by atoms with Gasteiger partial charge in [-0.1, -0.05) is 41.9 Å². The van der Waals surface area contributed by atoms with Crippen LogP contribution in [0.1, 0.15) is 58.4 Å². The van der Waals surface area contributed by atoms with E-state index in [2.05, 4.69) is 30.4 Å². The molecule has 1 aliphatic rings. The third kappa shape index (κ3) is 5.27. The summed E-state index contributed by atoms with van der Waals surface area (Å²) in [5.74, 6) is 0.826. The molecule has 4 heteroatoms. The van der Waals surface area contributed by atoms with Crippen molar-refractivity contribution in [3.05, 3.63) is 99.6 Å². The van der Waals surface area contributed by atoms with Gasteiger partial charge in [-0.25, -0.2) is 0 Å². The zero-order valence-electron chi connectivity index (χ0n) is 17.2. The maximum Gasteiger partial charge on any atom is 0.251 e. The van der Waals surface area contributed by atoms with Gasteiger partial charge in [-0.2, -0.15) is 0 Å². The highest BCUT2D eigenvalue weighted by atomic mass is 35.5. The molecule has 30 heavy (non-hydrogen) atoms. The van der Waals surface area contributed by atoms with Gasteiger partial charge in [0, 0.05) is 21.2 Å². The Hall–Kier alpha value is -2.23. The van der Waals surface area contributed by atoms with Gasteiger partial charge in [0.15, 0.2) is 0 Å². The van der Waals surface area contributed by atoms with Gasteiger partial charge in [0.2, 0.25) is 0 Å². The lowest BCUT2D eigenvalue weighted by atomic mass is 9.89. The fourth-order valence-corrected chi connectivity index (χ4v) is 4.82. The Balaban J connectivity index is 1.34. The average Bonchev–Trinajstić information content (AvgIpc) is 2.78. The molecule has 0 fully saturated rings. The molecule has 0 spiro atoms. The van der Waals surface area contributed by atoms with Crippen molar-refractivity contribution in [2.75, 3.05) is 0 Å². The quantitative estimate of drug-likeness (QED) is 0.422. The van der Waals surface area contributed by atoms with Crippen molar-refractivity contribution in [3.63, 3.8) is 0 Å². The summed E-state index contributed by atoms with van der Waals surface area (Å²) in [7, 11) is 0. The molecule has 0 bridgehead atoms. The van der Waals surface area contributed by atoms with Crippen LogP contribution in [0.3, 0.4) is 0 Å². The van der Waals surface area contributed by atoms with Gasteiger partial charge >= 0.3 is 0 Å². The number of amides is 1. The van der Waals surface area contributed by atoms with Gasteiger partial charge in [0.25, 0.3) is 5.91 Å². The third-order valence-corrected chi connectivity index (χ3v) is 6.99. The van der Waals surface area contributed by atoms with E-state index in [1.54, 1.807) is 11.8 Å². The van der Waals surface area contributed by atoms with E-state index in [0.29, 0.717) is 5.56 Å². The summed E-state index contributed by atoms with van der Waals surface area (Å²) < 4.78 is 0. The van der Waals surface area contributed by atoms with Gasteiger partial charge in [0.05, 0.1) is 6.04 Å². The summed E-state index contributed by atoms with van der Waals surface area (Å²) in [6.45, 7) is 2.06. The minimum atomic E-state index is -0.0304. The van der Waals surface area contributed by atoms with Crippen molar-refractivity contribution in [2.24, 2.45) is 0 Å². The predicted molar refractivity (Wildman–Crippen MR) is 126 cm³/mol. The normalized spacial score (nSPS) is 14.1. The smallest absolute Gasteiger partial charge is 0.251 e. The molecule has 3 aromatic rings. The highest BCUT2D eigenvalue weighted by Crippen LogP contribution is 2.26. The molecular formula is C26H26ClNOS. The molecule has 2 nitrogen and oxygen atoms in total. The second-order valence-corrected chi connectivity index (χ2v) is 9.36. The topological polar surface area (TPSA) is 29.1 Å². The lowest BCUT2D eigenvalue weighted by Crippen LogP contribution is -2.26. The molecule has 0 saturated carbocycles. The fraction of sp³-hybridized carbons (Fsp3) is 0.269. The van der Waals surface area contributed by atoms with E-state index in [-0.39, 0.29) is 11.9 Å². The maximum absolute atomic E-state index is 12.7. The summed E-state index contributed by atoms with van der Waals surface area (Å²) in [5.41, 5.74) is 5.98. The van der Waals surface area contributed by atoms with Crippen LogP contribution in [0.15, 0.2) is 71.6 Å². The molecule has 0 heterocycles. The number of fused-ring (bicyclic) bond motifs is 1. The van der Waals surface area contributed by atoms with E-state index in [9.17, 15) is 4.79 Å². The monoisotopic (exact) mass is 435 g/mol. The zero-order chi connectivity index (χ0) is 20.9. The first-order valence-corrected chi connectivity index (χ1v) is 11.8. The molecule has 0 aliphatic heterocycles. The standard InChI is InChI=1S/C26H26ClNOS/c1-18(22-11-10-20-4-2-3-5-23(20)16-22)28-26(29)21-8-6-19(7-9-21)17-30-25-14-12-24(27)13-15-25/h6-16,18H,2-5,17H2,1H3,(H,28,29)/t18-/m0/s1. The fourth-order valence-electron chi connectivity index (χ4n) is 3.84. The summed E-state index contributed by atoms with van der Waals surface area (Å²) >= 11 is 7.69. The molecule has 0 aromatic heterocycles. The maximum atomic E-state index is 12.7. The van der Waals surface area contributed by atoms with E-state index >= 15 is 0 Å². The number of nitrogens with one attached hydrogen (secondary N) is 1. The van der Waals surface area contributed by atoms with Crippen molar-refractivity contribution in [3.8, 4) is 0 Å². The number of halogens is 1. The van der Waals surface area contributed by atoms with E-state index in [1.807, 2.05) is 48.5 Å². The third-order valence-electron chi connectivity index (χ3n) is 5.66. The van der Waals surface area contributed by atoms with Gasteiger partial charge in [-0.15, -0.1) is 11.8 Å². The molecule has 1 aliphatic carbocycles. The van der Waals surface area contributed by atoms with E-state index < -0.39 is 0 Å². The molecular weight excluding hydrogens is 410 g/mol. The van der Waals surface area contributed by atoms with E-state index in [4.69, 9.17) is 11.6 Å². The minimum Gasteiger partial charge on any atom is -0.346 e. The molecule has 154 valence electrons. The summed E-state index contributed by atoms with van der Waals surface area (Å²) in [6.07, 6.45) is 4.88. The Bertz CT molecular complexity index is 1010. The van der Waals surface area contributed by atoms with Crippen molar-refractivity contribution < 1.29 is 4.79 Å². The van der Waals surface area contributed by atoms with Gasteiger partial charge in [-0.3, -0.25) is 4.79 Å². The van der Waals surface area contributed by atoms with Gasteiger partial charge in [-0.05, 0) is 91.3 Å². The number of carbonyl (C=O) groups is 1. The second-order valence-electron chi connectivity index (χ2n) is 7.87. The lowest BCUT2D eigenvalue weighted by Gasteiger charge is -2.20. The number of thioether (sulfide) groups is 1. The summed E-state index contributed by atoms with van der Waals surface area (Å²) in [4.78, 5) is 13.9. The molecule has 4 rings (SSSR count). The summed E-state index contributed by atoms with van der Waals surface area (Å²) in [5, 5.41) is 3.89. The zero-order valence-corrected chi connectivity index (χ0v) is 18.7. The number of benzene rings is 3.